The van der Waals surface area contributed by atoms with Gasteiger partial charge in [-0.05, 0) is 48.2 Å². The number of halogens is 3. The first-order chi connectivity index (χ1) is 13.9. The highest BCUT2D eigenvalue weighted by molar-refractivity contribution is 6.30. The number of amides is 1. The van der Waals surface area contributed by atoms with E-state index >= 15 is 0 Å². The standard InChI is InChI=1S/C22H24ClF2NO3/c1-26(14-15-5-10-18(28-2)19(13-15)29-21(24)25)20(27)22(11-3-4-12-22)16-6-8-17(23)9-7-16/h5-10,13,21H,3-4,11-12,14H2,1-2H3. The molecule has 0 aromatic heterocycles. The summed E-state index contributed by atoms with van der Waals surface area (Å²) in [5.41, 5.74) is 1.07. The first-order valence-electron chi connectivity index (χ1n) is 9.49. The molecule has 4 nitrogen and oxygen atoms in total. The highest BCUT2D eigenvalue weighted by Crippen LogP contribution is 2.43. The quantitative estimate of drug-likeness (QED) is 0.596. The van der Waals surface area contributed by atoms with Crippen LogP contribution < -0.4 is 9.47 Å². The Morgan fingerprint density at radius 2 is 1.79 bits per heavy atom. The van der Waals surface area contributed by atoms with E-state index < -0.39 is 12.0 Å². The fourth-order valence-electron chi connectivity index (χ4n) is 4.09. The summed E-state index contributed by atoms with van der Waals surface area (Å²) in [7, 11) is 3.12. The summed E-state index contributed by atoms with van der Waals surface area (Å²) in [4.78, 5) is 15.1. The third-order valence-electron chi connectivity index (χ3n) is 5.47. The van der Waals surface area contributed by atoms with E-state index in [1.54, 1.807) is 24.1 Å². The van der Waals surface area contributed by atoms with Gasteiger partial charge < -0.3 is 14.4 Å². The van der Waals surface area contributed by atoms with Gasteiger partial charge >= 0.3 is 6.61 Å². The molecule has 0 radical (unpaired) electrons. The molecule has 3 rings (SSSR count). The fourth-order valence-corrected chi connectivity index (χ4v) is 4.22. The maximum absolute atomic E-state index is 13.5. The second-order valence-electron chi connectivity index (χ2n) is 7.32. The number of hydrogen-bond acceptors (Lipinski definition) is 3. The van der Waals surface area contributed by atoms with Crippen LogP contribution in [0.2, 0.25) is 5.02 Å². The van der Waals surface area contributed by atoms with Crippen molar-refractivity contribution in [3.05, 3.63) is 58.6 Å². The van der Waals surface area contributed by atoms with E-state index in [4.69, 9.17) is 16.3 Å². The largest absolute Gasteiger partial charge is 0.493 e. The zero-order chi connectivity index (χ0) is 21.0. The van der Waals surface area contributed by atoms with Crippen molar-refractivity contribution < 1.29 is 23.0 Å². The Bertz CT molecular complexity index is 852. The van der Waals surface area contributed by atoms with Crippen molar-refractivity contribution in [2.24, 2.45) is 0 Å². The maximum atomic E-state index is 13.5. The van der Waals surface area contributed by atoms with Crippen LogP contribution in [0, 0.1) is 0 Å². The zero-order valence-electron chi connectivity index (χ0n) is 16.5. The fraction of sp³-hybridized carbons (Fsp3) is 0.409. The Kier molecular flexibility index (Phi) is 6.63. The van der Waals surface area contributed by atoms with Gasteiger partial charge in [0.05, 0.1) is 12.5 Å². The number of carbonyl (C=O) groups excluding carboxylic acids is 1. The molecule has 0 saturated heterocycles. The maximum Gasteiger partial charge on any atom is 0.387 e. The van der Waals surface area contributed by atoms with Crippen LogP contribution in [-0.4, -0.2) is 31.6 Å². The predicted octanol–water partition coefficient (Wildman–Crippen LogP) is 5.42. The molecule has 156 valence electrons. The van der Waals surface area contributed by atoms with Crippen LogP contribution in [0.4, 0.5) is 8.78 Å². The minimum absolute atomic E-state index is 0.0180. The van der Waals surface area contributed by atoms with E-state index in [1.807, 2.05) is 24.3 Å². The number of ether oxygens (including phenoxy) is 2. The molecule has 1 fully saturated rings. The van der Waals surface area contributed by atoms with Crippen LogP contribution in [-0.2, 0) is 16.8 Å². The monoisotopic (exact) mass is 423 g/mol. The molecule has 1 aliphatic rings. The lowest BCUT2D eigenvalue weighted by Crippen LogP contribution is -2.43. The third kappa shape index (κ3) is 4.64. The Labute approximate surface area is 174 Å². The molecule has 2 aromatic rings. The van der Waals surface area contributed by atoms with Crippen LogP contribution in [0.1, 0.15) is 36.8 Å². The van der Waals surface area contributed by atoms with Crippen molar-refractivity contribution in [3.63, 3.8) is 0 Å². The summed E-state index contributed by atoms with van der Waals surface area (Å²) >= 11 is 6.02. The van der Waals surface area contributed by atoms with E-state index in [0.717, 1.165) is 31.2 Å². The van der Waals surface area contributed by atoms with E-state index in [-0.39, 0.29) is 24.0 Å². The number of likely N-dealkylation sites (N-methyl/N-ethyl adjacent to an activating group) is 1. The molecular weight excluding hydrogens is 400 g/mol. The van der Waals surface area contributed by atoms with E-state index in [0.29, 0.717) is 10.6 Å². The first-order valence-corrected chi connectivity index (χ1v) is 9.87. The number of hydrogen-bond donors (Lipinski definition) is 0. The van der Waals surface area contributed by atoms with Gasteiger partial charge in [0.15, 0.2) is 11.5 Å². The normalized spacial score (nSPS) is 15.4. The van der Waals surface area contributed by atoms with Gasteiger partial charge in [-0.25, -0.2) is 0 Å². The number of benzene rings is 2. The van der Waals surface area contributed by atoms with Gasteiger partial charge in [-0.1, -0.05) is 42.6 Å². The number of carbonyl (C=O) groups is 1. The molecule has 0 aliphatic heterocycles. The number of rotatable bonds is 7. The molecule has 0 heterocycles. The molecule has 0 unspecified atom stereocenters. The zero-order valence-corrected chi connectivity index (χ0v) is 17.2. The van der Waals surface area contributed by atoms with Gasteiger partial charge in [-0.15, -0.1) is 0 Å². The Morgan fingerprint density at radius 1 is 1.14 bits per heavy atom. The minimum Gasteiger partial charge on any atom is -0.493 e. The highest BCUT2D eigenvalue weighted by atomic mass is 35.5. The molecule has 0 N–H and O–H groups in total. The van der Waals surface area contributed by atoms with Gasteiger partial charge in [0, 0.05) is 18.6 Å². The summed E-state index contributed by atoms with van der Waals surface area (Å²) < 4.78 is 35.0. The van der Waals surface area contributed by atoms with Crippen LogP contribution in [0.25, 0.3) is 0 Å². The van der Waals surface area contributed by atoms with Gasteiger partial charge in [0.2, 0.25) is 5.91 Å². The summed E-state index contributed by atoms with van der Waals surface area (Å²) in [6.45, 7) is -2.68. The molecule has 0 spiro atoms. The molecule has 1 amide bonds. The van der Waals surface area contributed by atoms with Crippen molar-refractivity contribution in [2.45, 2.75) is 44.3 Å². The number of alkyl halides is 2. The Morgan fingerprint density at radius 3 is 2.38 bits per heavy atom. The molecular formula is C22H24ClF2NO3. The minimum atomic E-state index is -2.95. The Balaban J connectivity index is 1.83. The topological polar surface area (TPSA) is 38.8 Å². The van der Waals surface area contributed by atoms with E-state index in [1.165, 1.54) is 13.2 Å². The van der Waals surface area contributed by atoms with E-state index in [9.17, 15) is 13.6 Å². The lowest BCUT2D eigenvalue weighted by atomic mass is 9.77. The molecule has 0 atom stereocenters. The lowest BCUT2D eigenvalue weighted by molar-refractivity contribution is -0.136. The lowest BCUT2D eigenvalue weighted by Gasteiger charge is -2.33. The van der Waals surface area contributed by atoms with Gasteiger partial charge in [0.1, 0.15) is 0 Å². The van der Waals surface area contributed by atoms with Crippen LogP contribution in [0.15, 0.2) is 42.5 Å². The second kappa shape index (κ2) is 8.99. The van der Waals surface area contributed by atoms with Crippen molar-refractivity contribution in [1.29, 1.82) is 0 Å². The molecule has 2 aromatic carbocycles. The SMILES string of the molecule is COc1ccc(CN(C)C(=O)C2(c3ccc(Cl)cc3)CCCC2)cc1OC(F)F. The second-order valence-corrected chi connectivity index (χ2v) is 7.76. The van der Waals surface area contributed by atoms with Gasteiger partial charge in [-0.2, -0.15) is 8.78 Å². The highest BCUT2D eigenvalue weighted by Gasteiger charge is 2.44. The predicted molar refractivity (Wildman–Crippen MR) is 108 cm³/mol. The summed E-state index contributed by atoms with van der Waals surface area (Å²) in [5.74, 6) is 0.190. The average Bonchev–Trinajstić information content (AvgIpc) is 3.18. The molecule has 7 heteroatoms. The molecule has 0 bridgehead atoms. The van der Waals surface area contributed by atoms with Crippen LogP contribution >= 0.6 is 11.6 Å². The third-order valence-corrected chi connectivity index (χ3v) is 5.73. The van der Waals surface area contributed by atoms with Crippen molar-refractivity contribution in [1.82, 2.24) is 4.90 Å². The van der Waals surface area contributed by atoms with Crippen molar-refractivity contribution >= 4 is 17.5 Å². The van der Waals surface area contributed by atoms with E-state index in [2.05, 4.69) is 4.74 Å². The summed E-state index contributed by atoms with van der Waals surface area (Å²) in [6, 6.07) is 12.2. The first kappa shape index (κ1) is 21.4. The van der Waals surface area contributed by atoms with Gasteiger partial charge in [-0.3, -0.25) is 4.79 Å². The van der Waals surface area contributed by atoms with Crippen LogP contribution in [0.3, 0.4) is 0 Å². The number of nitrogens with zero attached hydrogens (tertiary/aromatic N) is 1. The van der Waals surface area contributed by atoms with Crippen LogP contribution in [0.5, 0.6) is 11.5 Å². The van der Waals surface area contributed by atoms with Gasteiger partial charge in [0.25, 0.3) is 0 Å². The van der Waals surface area contributed by atoms with Crippen molar-refractivity contribution in [2.75, 3.05) is 14.2 Å². The number of methoxy groups -OCH3 is 1. The summed E-state index contributed by atoms with van der Waals surface area (Å²) in [6.07, 6.45) is 3.52. The summed E-state index contributed by atoms with van der Waals surface area (Å²) in [5, 5.41) is 0.632. The smallest absolute Gasteiger partial charge is 0.387 e. The average molecular weight is 424 g/mol. The molecule has 1 saturated carbocycles. The van der Waals surface area contributed by atoms with Crippen molar-refractivity contribution in [3.8, 4) is 11.5 Å². The molecule has 1 aliphatic carbocycles. The molecule has 29 heavy (non-hydrogen) atoms. The Hall–Kier alpha value is -2.34.